The number of halogens is 4. The van der Waals surface area contributed by atoms with E-state index in [0.29, 0.717) is 10.6 Å². The fraction of sp³-hybridized carbons (Fsp3) is 0.133. The molecule has 26 heavy (non-hydrogen) atoms. The van der Waals surface area contributed by atoms with E-state index >= 15 is 0 Å². The third kappa shape index (κ3) is 3.47. The summed E-state index contributed by atoms with van der Waals surface area (Å²) in [6, 6.07) is 7.12. The average molecular weight is 456 g/mol. The molecular formula is C15H10Cl4N2O4S. The highest BCUT2D eigenvalue weighted by molar-refractivity contribution is 7.89. The number of carboxylic acid groups (broad SMARTS) is 1. The molecule has 1 aliphatic rings. The molecule has 1 unspecified atom stereocenters. The first-order valence-electron chi connectivity index (χ1n) is 7.05. The Bertz CT molecular complexity index is 1010. The Labute approximate surface area is 169 Å². The van der Waals surface area contributed by atoms with Crippen molar-refractivity contribution in [2.75, 3.05) is 5.32 Å². The summed E-state index contributed by atoms with van der Waals surface area (Å²) in [4.78, 5) is 11.4. The normalized spacial score (nSPS) is 18.8. The van der Waals surface area contributed by atoms with Crippen LogP contribution in [0.25, 0.3) is 0 Å². The van der Waals surface area contributed by atoms with Crippen LogP contribution < -0.4 is 5.32 Å². The molecular weight excluding hydrogens is 446 g/mol. The second kappa shape index (κ2) is 7.07. The molecule has 0 fully saturated rings. The van der Waals surface area contributed by atoms with Crippen molar-refractivity contribution in [1.82, 2.24) is 4.31 Å². The lowest BCUT2D eigenvalue weighted by molar-refractivity contribution is -0.140. The number of aliphatic carboxylic acids is 1. The van der Waals surface area contributed by atoms with Crippen molar-refractivity contribution >= 4 is 68.1 Å². The topological polar surface area (TPSA) is 86.7 Å². The van der Waals surface area contributed by atoms with Gasteiger partial charge < -0.3 is 10.4 Å². The summed E-state index contributed by atoms with van der Waals surface area (Å²) < 4.78 is 26.9. The SMILES string of the molecule is O=C(O)C1Nc2cc(Cl)cc(Cl)c2S(=O)(=O)N1Cc1ccc(Cl)c(Cl)c1. The zero-order chi connectivity index (χ0) is 19.2. The standard InChI is InChI=1S/C15H10Cl4N2O4S/c16-8-4-11(19)13-12(5-8)20-14(15(22)23)21(26(13,24)25)6-7-1-2-9(17)10(18)3-7/h1-5,14,20H,6H2,(H,22,23). The molecule has 1 heterocycles. The van der Waals surface area contributed by atoms with Crippen LogP contribution >= 0.6 is 46.4 Å². The van der Waals surface area contributed by atoms with Crippen molar-refractivity contribution in [3.63, 3.8) is 0 Å². The molecule has 0 aromatic heterocycles. The lowest BCUT2D eigenvalue weighted by atomic mass is 10.2. The fourth-order valence-electron chi connectivity index (χ4n) is 2.58. The molecule has 1 atom stereocenters. The Kier molecular flexibility index (Phi) is 5.31. The van der Waals surface area contributed by atoms with E-state index < -0.39 is 22.2 Å². The van der Waals surface area contributed by atoms with E-state index in [0.717, 1.165) is 4.31 Å². The molecule has 138 valence electrons. The molecule has 2 N–H and O–H groups in total. The van der Waals surface area contributed by atoms with Gasteiger partial charge in [-0.2, -0.15) is 4.31 Å². The Morgan fingerprint density at radius 2 is 1.77 bits per heavy atom. The third-order valence-electron chi connectivity index (χ3n) is 3.71. The van der Waals surface area contributed by atoms with Gasteiger partial charge in [0.2, 0.25) is 10.0 Å². The monoisotopic (exact) mass is 454 g/mol. The molecule has 2 aromatic rings. The summed E-state index contributed by atoms with van der Waals surface area (Å²) in [6.07, 6.45) is -1.54. The predicted octanol–water partition coefficient (Wildman–Crippen LogP) is 4.33. The number of benzene rings is 2. The maximum absolute atomic E-state index is 13.0. The Balaban J connectivity index is 2.12. The molecule has 0 aliphatic carbocycles. The molecule has 0 bridgehead atoms. The number of nitrogens with one attached hydrogen (secondary N) is 1. The highest BCUT2D eigenvalue weighted by atomic mass is 35.5. The van der Waals surface area contributed by atoms with Crippen LogP contribution in [0.5, 0.6) is 0 Å². The lowest BCUT2D eigenvalue weighted by Crippen LogP contribution is -2.52. The largest absolute Gasteiger partial charge is 0.479 e. The van der Waals surface area contributed by atoms with Crippen LogP contribution in [0.2, 0.25) is 20.1 Å². The second-order valence-corrected chi connectivity index (χ2v) is 8.93. The third-order valence-corrected chi connectivity index (χ3v) is 6.99. The van der Waals surface area contributed by atoms with Crippen LogP contribution in [-0.4, -0.2) is 30.0 Å². The molecule has 0 saturated carbocycles. The van der Waals surface area contributed by atoms with Crippen molar-refractivity contribution in [3.8, 4) is 0 Å². The highest BCUT2D eigenvalue weighted by Gasteiger charge is 2.43. The first-order valence-corrected chi connectivity index (χ1v) is 10.0. The summed E-state index contributed by atoms with van der Waals surface area (Å²) in [6.45, 7) is -0.248. The first kappa shape index (κ1) is 19.5. The van der Waals surface area contributed by atoms with Gasteiger partial charge in [-0.25, -0.2) is 13.2 Å². The van der Waals surface area contributed by atoms with Gasteiger partial charge >= 0.3 is 5.97 Å². The molecule has 1 aliphatic heterocycles. The van der Waals surface area contributed by atoms with Crippen molar-refractivity contribution < 1.29 is 18.3 Å². The smallest absolute Gasteiger partial charge is 0.342 e. The van der Waals surface area contributed by atoms with Gasteiger partial charge in [0.05, 0.1) is 20.8 Å². The summed E-state index contributed by atoms with van der Waals surface area (Å²) in [7, 11) is -4.22. The number of hydrogen-bond donors (Lipinski definition) is 2. The van der Waals surface area contributed by atoms with Crippen molar-refractivity contribution in [1.29, 1.82) is 0 Å². The Morgan fingerprint density at radius 1 is 1.08 bits per heavy atom. The summed E-state index contributed by atoms with van der Waals surface area (Å²) in [5.41, 5.74) is 0.491. The maximum Gasteiger partial charge on any atom is 0.342 e. The minimum atomic E-state index is -4.22. The minimum absolute atomic E-state index is 0.0280. The molecule has 0 amide bonds. The number of hydrogen-bond acceptors (Lipinski definition) is 4. The van der Waals surface area contributed by atoms with Gasteiger partial charge in [-0.3, -0.25) is 0 Å². The number of anilines is 1. The van der Waals surface area contributed by atoms with E-state index in [1.807, 2.05) is 0 Å². The van der Waals surface area contributed by atoms with E-state index in [-0.39, 0.29) is 32.2 Å². The van der Waals surface area contributed by atoms with Crippen LogP contribution in [0.15, 0.2) is 35.2 Å². The van der Waals surface area contributed by atoms with Crippen molar-refractivity contribution in [2.24, 2.45) is 0 Å². The minimum Gasteiger partial charge on any atom is -0.479 e. The zero-order valence-electron chi connectivity index (χ0n) is 12.7. The van der Waals surface area contributed by atoms with Gasteiger partial charge in [-0.1, -0.05) is 52.5 Å². The van der Waals surface area contributed by atoms with Gasteiger partial charge in [-0.05, 0) is 29.8 Å². The number of carbonyl (C=O) groups is 1. The zero-order valence-corrected chi connectivity index (χ0v) is 16.6. The molecule has 6 nitrogen and oxygen atoms in total. The number of fused-ring (bicyclic) bond motifs is 1. The van der Waals surface area contributed by atoms with E-state index in [2.05, 4.69) is 5.32 Å². The van der Waals surface area contributed by atoms with Crippen LogP contribution in [0.1, 0.15) is 5.56 Å². The van der Waals surface area contributed by atoms with Gasteiger partial charge in [0.1, 0.15) is 4.90 Å². The lowest BCUT2D eigenvalue weighted by Gasteiger charge is -2.35. The molecule has 0 spiro atoms. The quantitative estimate of drug-likeness (QED) is 0.719. The van der Waals surface area contributed by atoms with Gasteiger partial charge in [0, 0.05) is 11.6 Å². The van der Waals surface area contributed by atoms with Crippen molar-refractivity contribution in [3.05, 3.63) is 56.0 Å². The van der Waals surface area contributed by atoms with E-state index in [1.54, 1.807) is 6.07 Å². The summed E-state index contributed by atoms with van der Waals surface area (Å²) >= 11 is 23.8. The van der Waals surface area contributed by atoms with Crippen LogP contribution in [-0.2, 0) is 21.4 Å². The van der Waals surface area contributed by atoms with E-state index in [9.17, 15) is 18.3 Å². The second-order valence-electron chi connectivity index (χ2n) is 5.45. The fourth-order valence-corrected chi connectivity index (χ4v) is 5.37. The van der Waals surface area contributed by atoms with E-state index in [1.165, 1.54) is 24.3 Å². The molecule has 2 aromatic carbocycles. The maximum atomic E-state index is 13.0. The molecule has 3 rings (SSSR count). The predicted molar refractivity (Wildman–Crippen MR) is 101 cm³/mol. The number of sulfonamides is 1. The summed E-state index contributed by atoms with van der Waals surface area (Å²) in [5, 5.41) is 12.7. The van der Waals surface area contributed by atoms with Crippen molar-refractivity contribution in [2.45, 2.75) is 17.6 Å². The van der Waals surface area contributed by atoms with E-state index in [4.69, 9.17) is 46.4 Å². The summed E-state index contributed by atoms with van der Waals surface area (Å²) in [5.74, 6) is -1.38. The Hall–Kier alpha value is -1.22. The van der Waals surface area contributed by atoms with Gasteiger partial charge in [0.15, 0.2) is 6.17 Å². The van der Waals surface area contributed by atoms with Crippen LogP contribution in [0.3, 0.4) is 0 Å². The molecule has 0 saturated heterocycles. The first-order chi connectivity index (χ1) is 12.1. The molecule has 11 heteroatoms. The van der Waals surface area contributed by atoms with Crippen LogP contribution in [0, 0.1) is 0 Å². The number of nitrogens with zero attached hydrogens (tertiary/aromatic N) is 1. The average Bonchev–Trinajstić information content (AvgIpc) is 2.51. The molecule has 0 radical (unpaired) electrons. The number of carboxylic acids is 1. The van der Waals surface area contributed by atoms with Gasteiger partial charge in [-0.15, -0.1) is 0 Å². The van der Waals surface area contributed by atoms with Gasteiger partial charge in [0.25, 0.3) is 0 Å². The highest BCUT2D eigenvalue weighted by Crippen LogP contribution is 2.40. The van der Waals surface area contributed by atoms with Crippen LogP contribution in [0.4, 0.5) is 5.69 Å². The number of rotatable bonds is 3. The Morgan fingerprint density at radius 3 is 2.38 bits per heavy atom.